The predicted molar refractivity (Wildman–Crippen MR) is 104 cm³/mol. The Labute approximate surface area is 157 Å². The highest BCUT2D eigenvalue weighted by atomic mass is 32.2. The van der Waals surface area contributed by atoms with Crippen LogP contribution in [-0.4, -0.2) is 62.9 Å². The number of carbonyl (C=O) groups excluding carboxylic acids is 1. The van der Waals surface area contributed by atoms with Gasteiger partial charge in [0.2, 0.25) is 5.91 Å². The van der Waals surface area contributed by atoms with Gasteiger partial charge in [-0.15, -0.1) is 0 Å². The highest BCUT2D eigenvalue weighted by Gasteiger charge is 2.40. The van der Waals surface area contributed by atoms with E-state index >= 15 is 0 Å². The summed E-state index contributed by atoms with van der Waals surface area (Å²) in [6.07, 6.45) is 8.26. The molecule has 2 aromatic rings. The Morgan fingerprint density at radius 2 is 2.15 bits per heavy atom. The van der Waals surface area contributed by atoms with Gasteiger partial charge in [-0.05, 0) is 43.4 Å². The van der Waals surface area contributed by atoms with Crippen LogP contribution in [-0.2, 0) is 4.79 Å². The Morgan fingerprint density at radius 1 is 1.35 bits per heavy atom. The Morgan fingerprint density at radius 3 is 2.92 bits per heavy atom. The molecule has 1 aliphatic heterocycles. The van der Waals surface area contributed by atoms with E-state index < -0.39 is 0 Å². The molecule has 0 radical (unpaired) electrons. The summed E-state index contributed by atoms with van der Waals surface area (Å²) in [5.41, 5.74) is 0.906. The number of nitrogens with zero attached hydrogens (tertiary/aromatic N) is 4. The van der Waals surface area contributed by atoms with Crippen molar-refractivity contribution >= 4 is 34.5 Å². The minimum absolute atomic E-state index is 0.372. The Kier molecular flexibility index (Phi) is 4.07. The maximum atomic E-state index is 12.0. The standard InChI is InChI=1S/C19H25N5OS/c1-23(18-16-4-5-20-17(16)21-11-22-18)14-6-12(7-14)10-26-15-8-24(9-15)19(25)13-2-3-13/h4-5,11-15H,2-3,6-10H2,1H3,(H,20,21,22). The number of fused-ring (bicyclic) bond motifs is 1. The number of aromatic amines is 1. The summed E-state index contributed by atoms with van der Waals surface area (Å²) in [6.45, 7) is 1.95. The molecule has 26 heavy (non-hydrogen) atoms. The summed E-state index contributed by atoms with van der Waals surface area (Å²) in [5, 5.41) is 1.76. The van der Waals surface area contributed by atoms with Crippen LogP contribution >= 0.6 is 11.8 Å². The molecule has 6 nitrogen and oxygen atoms in total. The second-order valence-corrected chi connectivity index (χ2v) is 9.35. The minimum atomic E-state index is 0.372. The summed E-state index contributed by atoms with van der Waals surface area (Å²) in [4.78, 5) is 28.3. The monoisotopic (exact) mass is 371 g/mol. The normalized spacial score (nSPS) is 25.8. The van der Waals surface area contributed by atoms with Crippen LogP contribution in [0.4, 0.5) is 5.82 Å². The molecule has 138 valence electrons. The molecular weight excluding hydrogens is 346 g/mol. The number of hydrogen-bond donors (Lipinski definition) is 1. The SMILES string of the molecule is CN(c1ncnc2[nH]ccc12)C1CC(CSC2CN(C(=O)C3CC3)C2)C1. The third kappa shape index (κ3) is 2.96. The smallest absolute Gasteiger partial charge is 0.225 e. The third-order valence-electron chi connectivity index (χ3n) is 6.08. The molecule has 0 unspecified atom stereocenters. The van der Waals surface area contributed by atoms with E-state index in [1.54, 1.807) is 6.33 Å². The first-order chi connectivity index (χ1) is 12.7. The number of hydrogen-bond acceptors (Lipinski definition) is 5. The van der Waals surface area contributed by atoms with Crippen LogP contribution in [0.3, 0.4) is 0 Å². The fraction of sp³-hybridized carbons (Fsp3) is 0.632. The maximum absolute atomic E-state index is 12.0. The minimum Gasteiger partial charge on any atom is -0.356 e. The second-order valence-electron chi connectivity index (χ2n) is 8.01. The van der Waals surface area contributed by atoms with Gasteiger partial charge in [0.25, 0.3) is 0 Å². The second kappa shape index (κ2) is 6.44. The van der Waals surface area contributed by atoms with Gasteiger partial charge in [-0.25, -0.2) is 9.97 Å². The summed E-state index contributed by atoms with van der Waals surface area (Å²) < 4.78 is 0. The van der Waals surface area contributed by atoms with Crippen molar-refractivity contribution in [1.29, 1.82) is 0 Å². The molecule has 1 N–H and O–H groups in total. The number of anilines is 1. The first-order valence-corrected chi connectivity index (χ1v) is 10.6. The largest absolute Gasteiger partial charge is 0.356 e. The molecule has 2 aliphatic carbocycles. The van der Waals surface area contributed by atoms with Crippen LogP contribution < -0.4 is 4.90 Å². The van der Waals surface area contributed by atoms with E-state index in [2.05, 4.69) is 49.6 Å². The number of aromatic nitrogens is 3. The number of likely N-dealkylation sites (tertiary alicyclic amines) is 1. The van der Waals surface area contributed by atoms with Gasteiger partial charge in [-0.3, -0.25) is 4.79 Å². The van der Waals surface area contributed by atoms with Gasteiger partial charge < -0.3 is 14.8 Å². The van der Waals surface area contributed by atoms with Gasteiger partial charge in [0.1, 0.15) is 17.8 Å². The molecule has 1 amide bonds. The van der Waals surface area contributed by atoms with Crippen molar-refractivity contribution in [3.05, 3.63) is 18.6 Å². The number of carbonyl (C=O) groups is 1. The maximum Gasteiger partial charge on any atom is 0.225 e. The van der Waals surface area contributed by atoms with Crippen LogP contribution in [0.15, 0.2) is 18.6 Å². The molecule has 0 spiro atoms. The lowest BCUT2D eigenvalue weighted by atomic mass is 9.81. The number of amides is 1. The molecule has 0 bridgehead atoms. The number of thioether (sulfide) groups is 1. The van der Waals surface area contributed by atoms with Crippen LogP contribution in [0.1, 0.15) is 25.7 Å². The first kappa shape index (κ1) is 16.4. The molecule has 3 fully saturated rings. The molecule has 0 aromatic carbocycles. The predicted octanol–water partition coefficient (Wildman–Crippen LogP) is 2.53. The Hall–Kier alpha value is -1.76. The van der Waals surface area contributed by atoms with Crippen LogP contribution in [0.25, 0.3) is 11.0 Å². The highest BCUT2D eigenvalue weighted by molar-refractivity contribution is 8.00. The summed E-state index contributed by atoms with van der Waals surface area (Å²) in [6, 6.07) is 2.63. The van der Waals surface area contributed by atoms with E-state index in [0.717, 1.165) is 48.7 Å². The van der Waals surface area contributed by atoms with Gasteiger partial charge in [0.05, 0.1) is 5.39 Å². The van der Waals surface area contributed by atoms with Gasteiger partial charge in [-0.1, -0.05) is 0 Å². The average molecular weight is 372 g/mol. The lowest BCUT2D eigenvalue weighted by molar-refractivity contribution is -0.135. The van der Waals surface area contributed by atoms with E-state index in [1.165, 1.54) is 18.6 Å². The zero-order chi connectivity index (χ0) is 17.7. The van der Waals surface area contributed by atoms with Crippen molar-refractivity contribution in [3.8, 4) is 0 Å². The topological polar surface area (TPSA) is 65.1 Å². The zero-order valence-corrected chi connectivity index (χ0v) is 15.9. The lowest BCUT2D eigenvalue weighted by Crippen LogP contribution is -2.53. The molecule has 3 heterocycles. The van der Waals surface area contributed by atoms with Crippen LogP contribution in [0, 0.1) is 11.8 Å². The summed E-state index contributed by atoms with van der Waals surface area (Å²) in [7, 11) is 2.15. The fourth-order valence-electron chi connectivity index (χ4n) is 4.05. The van der Waals surface area contributed by atoms with E-state index in [9.17, 15) is 4.79 Å². The van der Waals surface area contributed by atoms with E-state index in [4.69, 9.17) is 0 Å². The van der Waals surface area contributed by atoms with Crippen molar-refractivity contribution in [2.75, 3.05) is 30.8 Å². The molecule has 0 atom stereocenters. The zero-order valence-electron chi connectivity index (χ0n) is 15.1. The molecule has 5 rings (SSSR count). The van der Waals surface area contributed by atoms with Gasteiger partial charge in [0.15, 0.2) is 0 Å². The third-order valence-corrected chi connectivity index (χ3v) is 7.51. The summed E-state index contributed by atoms with van der Waals surface area (Å²) in [5.74, 6) is 3.83. The first-order valence-electron chi connectivity index (χ1n) is 9.60. The molecule has 2 aromatic heterocycles. The Balaban J connectivity index is 1.07. The van der Waals surface area contributed by atoms with Crippen molar-refractivity contribution in [2.45, 2.75) is 37.0 Å². The summed E-state index contributed by atoms with van der Waals surface area (Å²) >= 11 is 2.07. The molecule has 2 saturated carbocycles. The van der Waals surface area contributed by atoms with E-state index in [1.807, 2.05) is 6.20 Å². The van der Waals surface area contributed by atoms with Gasteiger partial charge >= 0.3 is 0 Å². The van der Waals surface area contributed by atoms with Gasteiger partial charge in [0, 0.05) is 43.5 Å². The van der Waals surface area contributed by atoms with Crippen LogP contribution in [0.5, 0.6) is 0 Å². The quantitative estimate of drug-likeness (QED) is 0.845. The number of rotatable bonds is 6. The van der Waals surface area contributed by atoms with Crippen molar-refractivity contribution < 1.29 is 4.79 Å². The van der Waals surface area contributed by atoms with E-state index in [0.29, 0.717) is 23.1 Å². The molecular formula is C19H25N5OS. The van der Waals surface area contributed by atoms with Crippen LogP contribution in [0.2, 0.25) is 0 Å². The highest BCUT2D eigenvalue weighted by Crippen LogP contribution is 2.39. The van der Waals surface area contributed by atoms with Crippen molar-refractivity contribution in [2.24, 2.45) is 11.8 Å². The number of nitrogens with one attached hydrogen (secondary N) is 1. The molecule has 7 heteroatoms. The Bertz CT molecular complexity index is 807. The molecule has 1 saturated heterocycles. The van der Waals surface area contributed by atoms with Crippen molar-refractivity contribution in [1.82, 2.24) is 19.9 Å². The lowest BCUT2D eigenvalue weighted by Gasteiger charge is -2.44. The average Bonchev–Trinajstić information content (AvgIpc) is 3.31. The fourth-order valence-corrected chi connectivity index (χ4v) is 5.44. The van der Waals surface area contributed by atoms with E-state index in [-0.39, 0.29) is 0 Å². The van der Waals surface area contributed by atoms with Crippen molar-refractivity contribution in [3.63, 3.8) is 0 Å². The number of H-pyrrole nitrogens is 1. The van der Waals surface area contributed by atoms with Gasteiger partial charge in [-0.2, -0.15) is 11.8 Å². The molecule has 3 aliphatic rings.